The standard InChI is InChI=1S/C15H26N2O2S/c1-11(2)14(6-7-18)17-15(19)16-10-12(3)9-13-5-4-8-20-13/h4-5,8,11-12,14,18H,6-7,9-10H2,1-3H3,(H2,16,17,19). The number of aliphatic hydroxyl groups is 1. The molecule has 1 aromatic rings. The molecular formula is C15H26N2O2S. The summed E-state index contributed by atoms with van der Waals surface area (Å²) in [7, 11) is 0. The van der Waals surface area contributed by atoms with Crippen LogP contribution in [-0.4, -0.2) is 30.3 Å². The minimum Gasteiger partial charge on any atom is -0.396 e. The van der Waals surface area contributed by atoms with E-state index in [1.807, 2.05) is 13.8 Å². The Labute approximate surface area is 125 Å². The topological polar surface area (TPSA) is 61.4 Å². The van der Waals surface area contributed by atoms with Gasteiger partial charge in [-0.1, -0.05) is 26.8 Å². The summed E-state index contributed by atoms with van der Waals surface area (Å²) in [6.07, 6.45) is 1.58. The van der Waals surface area contributed by atoms with E-state index >= 15 is 0 Å². The first kappa shape index (κ1) is 17.0. The molecule has 0 spiro atoms. The molecule has 1 heterocycles. The van der Waals surface area contributed by atoms with Crippen LogP contribution in [0.25, 0.3) is 0 Å². The number of rotatable bonds is 8. The highest BCUT2D eigenvalue weighted by molar-refractivity contribution is 7.09. The molecule has 1 rings (SSSR count). The molecule has 3 N–H and O–H groups in total. The first-order chi connectivity index (χ1) is 9.52. The number of urea groups is 1. The van der Waals surface area contributed by atoms with Gasteiger partial charge in [0.2, 0.25) is 0 Å². The minimum atomic E-state index is -0.143. The lowest BCUT2D eigenvalue weighted by atomic mass is 10.0. The number of carbonyl (C=O) groups excluding carboxylic acids is 1. The fourth-order valence-corrected chi connectivity index (χ4v) is 2.91. The summed E-state index contributed by atoms with van der Waals surface area (Å²) in [4.78, 5) is 13.2. The van der Waals surface area contributed by atoms with Crippen LogP contribution in [0.4, 0.5) is 4.79 Å². The predicted octanol–water partition coefficient (Wildman–Crippen LogP) is 2.63. The number of carbonyl (C=O) groups is 1. The van der Waals surface area contributed by atoms with Crippen molar-refractivity contribution >= 4 is 17.4 Å². The van der Waals surface area contributed by atoms with Gasteiger partial charge < -0.3 is 15.7 Å². The molecule has 0 radical (unpaired) electrons. The molecule has 0 aromatic carbocycles. The zero-order valence-corrected chi connectivity index (χ0v) is 13.4. The molecule has 114 valence electrons. The Bertz CT molecular complexity index is 379. The predicted molar refractivity (Wildman–Crippen MR) is 84.1 cm³/mol. The number of amides is 2. The second-order valence-electron chi connectivity index (χ2n) is 5.61. The van der Waals surface area contributed by atoms with Gasteiger partial charge in [0, 0.05) is 24.1 Å². The lowest BCUT2D eigenvalue weighted by Gasteiger charge is -2.22. The van der Waals surface area contributed by atoms with Gasteiger partial charge >= 0.3 is 6.03 Å². The number of thiophene rings is 1. The van der Waals surface area contributed by atoms with Gasteiger partial charge in [-0.05, 0) is 36.1 Å². The van der Waals surface area contributed by atoms with Crippen molar-refractivity contribution in [2.45, 2.75) is 39.7 Å². The van der Waals surface area contributed by atoms with Gasteiger partial charge in [0.05, 0.1) is 0 Å². The zero-order valence-electron chi connectivity index (χ0n) is 12.6. The van der Waals surface area contributed by atoms with Crippen LogP contribution >= 0.6 is 11.3 Å². The van der Waals surface area contributed by atoms with Gasteiger partial charge in [0.25, 0.3) is 0 Å². The highest BCUT2D eigenvalue weighted by Crippen LogP contribution is 2.13. The number of hydrogen-bond acceptors (Lipinski definition) is 3. The molecule has 0 bridgehead atoms. The van der Waals surface area contributed by atoms with E-state index in [0.29, 0.717) is 24.8 Å². The van der Waals surface area contributed by atoms with Crippen LogP contribution in [-0.2, 0) is 6.42 Å². The van der Waals surface area contributed by atoms with Crippen molar-refractivity contribution < 1.29 is 9.90 Å². The molecule has 0 saturated carbocycles. The second-order valence-corrected chi connectivity index (χ2v) is 6.64. The van der Waals surface area contributed by atoms with E-state index in [-0.39, 0.29) is 18.7 Å². The summed E-state index contributed by atoms with van der Waals surface area (Å²) in [6.45, 7) is 6.97. The second kappa shape index (κ2) is 8.97. The van der Waals surface area contributed by atoms with Crippen molar-refractivity contribution in [1.29, 1.82) is 0 Å². The Balaban J connectivity index is 2.27. The largest absolute Gasteiger partial charge is 0.396 e. The highest BCUT2D eigenvalue weighted by Gasteiger charge is 2.15. The first-order valence-electron chi connectivity index (χ1n) is 7.20. The van der Waals surface area contributed by atoms with Crippen LogP contribution in [0.3, 0.4) is 0 Å². The third-order valence-corrected chi connectivity index (χ3v) is 4.20. The third kappa shape index (κ3) is 6.39. The van der Waals surface area contributed by atoms with Crippen LogP contribution in [0, 0.1) is 11.8 Å². The molecule has 5 heteroatoms. The summed E-state index contributed by atoms with van der Waals surface area (Å²) in [5, 5.41) is 16.9. The third-order valence-electron chi connectivity index (χ3n) is 3.30. The Hall–Kier alpha value is -1.07. The summed E-state index contributed by atoms with van der Waals surface area (Å²) in [5.41, 5.74) is 0. The van der Waals surface area contributed by atoms with E-state index in [2.05, 4.69) is 35.1 Å². The molecule has 0 aliphatic rings. The summed E-state index contributed by atoms with van der Waals surface area (Å²) < 4.78 is 0. The quantitative estimate of drug-likeness (QED) is 0.691. The Morgan fingerprint density at radius 2 is 2.15 bits per heavy atom. The van der Waals surface area contributed by atoms with Crippen molar-refractivity contribution in [3.05, 3.63) is 22.4 Å². The summed E-state index contributed by atoms with van der Waals surface area (Å²) in [6, 6.07) is 4.05. The minimum absolute atomic E-state index is 0.0209. The highest BCUT2D eigenvalue weighted by atomic mass is 32.1. The molecule has 2 atom stereocenters. The van der Waals surface area contributed by atoms with Crippen LogP contribution < -0.4 is 10.6 Å². The van der Waals surface area contributed by atoms with E-state index in [1.54, 1.807) is 11.3 Å². The molecule has 1 aromatic heterocycles. The number of aliphatic hydroxyl groups excluding tert-OH is 1. The molecular weight excluding hydrogens is 272 g/mol. The van der Waals surface area contributed by atoms with Crippen molar-refractivity contribution in [2.24, 2.45) is 11.8 Å². The Morgan fingerprint density at radius 1 is 1.40 bits per heavy atom. The first-order valence-corrected chi connectivity index (χ1v) is 8.08. The summed E-state index contributed by atoms with van der Waals surface area (Å²) in [5.74, 6) is 0.728. The lowest BCUT2D eigenvalue weighted by Crippen LogP contribution is -2.46. The molecule has 0 fully saturated rings. The molecule has 0 saturated heterocycles. The van der Waals surface area contributed by atoms with Gasteiger partial charge in [-0.25, -0.2) is 4.79 Å². The molecule has 0 aliphatic heterocycles. The molecule has 2 amide bonds. The van der Waals surface area contributed by atoms with E-state index in [1.165, 1.54) is 4.88 Å². The lowest BCUT2D eigenvalue weighted by molar-refractivity contribution is 0.218. The van der Waals surface area contributed by atoms with E-state index < -0.39 is 0 Å². The van der Waals surface area contributed by atoms with Crippen molar-refractivity contribution in [3.63, 3.8) is 0 Å². The van der Waals surface area contributed by atoms with Gasteiger partial charge in [-0.2, -0.15) is 0 Å². The van der Waals surface area contributed by atoms with Gasteiger partial charge in [-0.3, -0.25) is 0 Å². The van der Waals surface area contributed by atoms with Gasteiger partial charge in [0.15, 0.2) is 0 Å². The maximum absolute atomic E-state index is 11.8. The SMILES string of the molecule is CC(CNC(=O)NC(CCO)C(C)C)Cc1cccs1. The average Bonchev–Trinajstić information content (AvgIpc) is 2.88. The summed E-state index contributed by atoms with van der Waals surface area (Å²) >= 11 is 1.75. The molecule has 20 heavy (non-hydrogen) atoms. The number of hydrogen-bond donors (Lipinski definition) is 3. The molecule has 2 unspecified atom stereocenters. The van der Waals surface area contributed by atoms with Crippen molar-refractivity contribution in [2.75, 3.05) is 13.2 Å². The maximum atomic E-state index is 11.8. The van der Waals surface area contributed by atoms with Gasteiger partial charge in [0.1, 0.15) is 0 Å². The monoisotopic (exact) mass is 298 g/mol. The molecule has 4 nitrogen and oxygen atoms in total. The smallest absolute Gasteiger partial charge is 0.315 e. The van der Waals surface area contributed by atoms with Crippen molar-refractivity contribution in [1.82, 2.24) is 10.6 Å². The van der Waals surface area contributed by atoms with E-state index in [4.69, 9.17) is 5.11 Å². The average molecular weight is 298 g/mol. The normalized spacial score (nSPS) is 14.1. The van der Waals surface area contributed by atoms with Crippen molar-refractivity contribution in [3.8, 4) is 0 Å². The maximum Gasteiger partial charge on any atom is 0.315 e. The van der Waals surface area contributed by atoms with Crippen LogP contribution in [0.1, 0.15) is 32.1 Å². The molecule has 0 aliphatic carbocycles. The fourth-order valence-electron chi connectivity index (χ4n) is 2.04. The van der Waals surface area contributed by atoms with E-state index in [0.717, 1.165) is 6.42 Å². The fraction of sp³-hybridized carbons (Fsp3) is 0.667. The zero-order chi connectivity index (χ0) is 15.0. The van der Waals surface area contributed by atoms with Gasteiger partial charge in [-0.15, -0.1) is 11.3 Å². The number of nitrogens with one attached hydrogen (secondary N) is 2. The van der Waals surface area contributed by atoms with Crippen LogP contribution in [0.5, 0.6) is 0 Å². The van der Waals surface area contributed by atoms with E-state index in [9.17, 15) is 4.79 Å². The van der Waals surface area contributed by atoms with Crippen LogP contribution in [0.15, 0.2) is 17.5 Å². The Morgan fingerprint density at radius 3 is 2.70 bits per heavy atom. The Kier molecular flexibility index (Phi) is 7.62. The van der Waals surface area contributed by atoms with Crippen LogP contribution in [0.2, 0.25) is 0 Å².